The van der Waals surface area contributed by atoms with Crippen molar-refractivity contribution < 1.29 is 4.74 Å². The number of pyridine rings is 1. The highest BCUT2D eigenvalue weighted by atomic mass is 35.5. The highest BCUT2D eigenvalue weighted by molar-refractivity contribution is 7.99. The van der Waals surface area contributed by atoms with E-state index in [1.807, 2.05) is 36.4 Å². The number of rotatable bonds is 12. The summed E-state index contributed by atoms with van der Waals surface area (Å²) in [6.07, 6.45) is 11.4. The Morgan fingerprint density at radius 3 is 2.57 bits per heavy atom. The standard InChI is InChI=1S/C23H26ClN3O2S/c24-20-8-10-21(11-9-20)29-13-4-2-1-3-5-14-30-23-26-17-19(22(28)27-23)15-18-7-6-12-25-16-18/h6-12,16-17H,1-5,13-15H2,(H,26,27,28). The first-order valence-corrected chi connectivity index (χ1v) is 11.6. The van der Waals surface area contributed by atoms with Gasteiger partial charge in [-0.2, -0.15) is 0 Å². The van der Waals surface area contributed by atoms with Gasteiger partial charge >= 0.3 is 0 Å². The van der Waals surface area contributed by atoms with Crippen molar-refractivity contribution in [3.63, 3.8) is 0 Å². The topological polar surface area (TPSA) is 67.9 Å². The molecule has 3 aromatic rings. The fourth-order valence-corrected chi connectivity index (χ4v) is 3.91. The average molecular weight is 444 g/mol. The highest BCUT2D eigenvalue weighted by Gasteiger charge is 2.05. The van der Waals surface area contributed by atoms with Crippen molar-refractivity contribution in [3.8, 4) is 5.75 Å². The van der Waals surface area contributed by atoms with E-state index in [9.17, 15) is 4.79 Å². The van der Waals surface area contributed by atoms with Crippen LogP contribution in [0, 0.1) is 0 Å². The zero-order chi connectivity index (χ0) is 21.0. The van der Waals surface area contributed by atoms with E-state index in [2.05, 4.69) is 15.0 Å². The van der Waals surface area contributed by atoms with Crippen LogP contribution in [0.25, 0.3) is 0 Å². The maximum atomic E-state index is 12.3. The molecule has 30 heavy (non-hydrogen) atoms. The monoisotopic (exact) mass is 443 g/mol. The third kappa shape index (κ3) is 7.84. The van der Waals surface area contributed by atoms with Crippen LogP contribution in [0.15, 0.2) is 64.9 Å². The largest absolute Gasteiger partial charge is 0.494 e. The molecule has 1 aromatic carbocycles. The van der Waals surface area contributed by atoms with Crippen molar-refractivity contribution in [3.05, 3.63) is 81.5 Å². The van der Waals surface area contributed by atoms with Crippen LogP contribution in [0.5, 0.6) is 5.75 Å². The first kappa shape index (κ1) is 22.4. The normalized spacial score (nSPS) is 10.8. The zero-order valence-electron chi connectivity index (χ0n) is 16.9. The lowest BCUT2D eigenvalue weighted by atomic mass is 10.1. The molecule has 0 fully saturated rings. The van der Waals surface area contributed by atoms with Crippen molar-refractivity contribution in [1.82, 2.24) is 15.0 Å². The Kier molecular flexibility index (Phi) is 9.25. The number of ether oxygens (including phenoxy) is 1. The number of aromatic amines is 1. The zero-order valence-corrected chi connectivity index (χ0v) is 18.4. The number of nitrogens with one attached hydrogen (secondary N) is 1. The van der Waals surface area contributed by atoms with Gasteiger partial charge in [0.1, 0.15) is 5.75 Å². The van der Waals surface area contributed by atoms with E-state index in [0.717, 1.165) is 54.4 Å². The molecule has 0 bridgehead atoms. The van der Waals surface area contributed by atoms with Crippen LogP contribution in [0.1, 0.15) is 43.2 Å². The summed E-state index contributed by atoms with van der Waals surface area (Å²) in [5.41, 5.74) is 1.59. The molecule has 5 nitrogen and oxygen atoms in total. The minimum atomic E-state index is -0.0722. The van der Waals surface area contributed by atoms with Crippen LogP contribution in [-0.4, -0.2) is 27.3 Å². The summed E-state index contributed by atoms with van der Waals surface area (Å²) in [5, 5.41) is 1.41. The first-order chi connectivity index (χ1) is 14.7. The summed E-state index contributed by atoms with van der Waals surface area (Å²) < 4.78 is 5.70. The quantitative estimate of drug-likeness (QED) is 0.226. The Hall–Kier alpha value is -2.31. The van der Waals surface area contributed by atoms with Gasteiger partial charge in [-0.15, -0.1) is 0 Å². The molecule has 2 heterocycles. The Morgan fingerprint density at radius 2 is 1.80 bits per heavy atom. The molecule has 0 radical (unpaired) electrons. The molecule has 0 saturated heterocycles. The van der Waals surface area contributed by atoms with Gasteiger partial charge in [-0.3, -0.25) is 9.78 Å². The van der Waals surface area contributed by atoms with Gasteiger partial charge in [-0.1, -0.05) is 48.7 Å². The second kappa shape index (κ2) is 12.4. The van der Waals surface area contributed by atoms with E-state index < -0.39 is 0 Å². The van der Waals surface area contributed by atoms with Crippen molar-refractivity contribution >= 4 is 23.4 Å². The minimum absolute atomic E-state index is 0.0722. The summed E-state index contributed by atoms with van der Waals surface area (Å²) in [4.78, 5) is 23.6. The van der Waals surface area contributed by atoms with E-state index in [1.54, 1.807) is 30.4 Å². The predicted molar refractivity (Wildman–Crippen MR) is 123 cm³/mol. The third-order valence-corrected chi connectivity index (χ3v) is 5.80. The van der Waals surface area contributed by atoms with Gasteiger partial charge in [0.15, 0.2) is 5.16 Å². The van der Waals surface area contributed by atoms with Gasteiger partial charge in [-0.25, -0.2) is 4.98 Å². The van der Waals surface area contributed by atoms with Gasteiger partial charge in [0.2, 0.25) is 0 Å². The van der Waals surface area contributed by atoms with E-state index in [0.29, 0.717) is 17.1 Å². The fraction of sp³-hybridized carbons (Fsp3) is 0.348. The van der Waals surface area contributed by atoms with Gasteiger partial charge in [-0.05, 0) is 48.7 Å². The van der Waals surface area contributed by atoms with Gasteiger partial charge in [0.25, 0.3) is 5.56 Å². The molecule has 158 valence electrons. The van der Waals surface area contributed by atoms with Crippen molar-refractivity contribution in [2.75, 3.05) is 12.4 Å². The van der Waals surface area contributed by atoms with Gasteiger partial charge < -0.3 is 9.72 Å². The SMILES string of the molecule is O=c1[nH]c(SCCCCCCCOc2ccc(Cl)cc2)ncc1Cc1cccnc1. The molecule has 1 N–H and O–H groups in total. The van der Waals surface area contributed by atoms with Crippen LogP contribution >= 0.6 is 23.4 Å². The molecule has 0 aliphatic heterocycles. The molecule has 0 amide bonds. The Bertz CT molecular complexity index is 949. The lowest BCUT2D eigenvalue weighted by molar-refractivity contribution is 0.304. The van der Waals surface area contributed by atoms with Crippen LogP contribution in [0.3, 0.4) is 0 Å². The molecule has 2 aromatic heterocycles. The Labute approximate surface area is 186 Å². The number of thioether (sulfide) groups is 1. The van der Waals surface area contributed by atoms with Gasteiger partial charge in [0.05, 0.1) is 6.61 Å². The summed E-state index contributed by atoms with van der Waals surface area (Å²) in [5.74, 6) is 1.82. The first-order valence-electron chi connectivity index (χ1n) is 10.2. The van der Waals surface area contributed by atoms with E-state index in [1.165, 1.54) is 6.42 Å². The number of benzene rings is 1. The maximum Gasteiger partial charge on any atom is 0.255 e. The molecule has 0 saturated carbocycles. The highest BCUT2D eigenvalue weighted by Crippen LogP contribution is 2.17. The molecule has 3 rings (SSSR count). The third-order valence-electron chi connectivity index (χ3n) is 4.58. The number of H-pyrrole nitrogens is 1. The maximum absolute atomic E-state index is 12.3. The molecule has 0 aliphatic carbocycles. The van der Waals surface area contributed by atoms with E-state index >= 15 is 0 Å². The molecular formula is C23H26ClN3O2S. The van der Waals surface area contributed by atoms with Crippen LogP contribution in [0.4, 0.5) is 0 Å². The lowest BCUT2D eigenvalue weighted by Gasteiger charge is -2.06. The number of hydrogen-bond donors (Lipinski definition) is 1. The van der Waals surface area contributed by atoms with Gasteiger partial charge in [0, 0.05) is 41.4 Å². The average Bonchev–Trinajstić information content (AvgIpc) is 2.76. The van der Waals surface area contributed by atoms with Crippen LogP contribution in [-0.2, 0) is 6.42 Å². The van der Waals surface area contributed by atoms with E-state index in [4.69, 9.17) is 16.3 Å². The predicted octanol–water partition coefficient (Wildman–Crippen LogP) is 5.53. The van der Waals surface area contributed by atoms with Crippen molar-refractivity contribution in [2.24, 2.45) is 0 Å². The molecule has 0 spiro atoms. The molecule has 0 unspecified atom stereocenters. The number of aromatic nitrogens is 3. The Balaban J connectivity index is 1.26. The van der Waals surface area contributed by atoms with Crippen molar-refractivity contribution in [1.29, 1.82) is 0 Å². The fourth-order valence-electron chi connectivity index (χ4n) is 2.95. The Morgan fingerprint density at radius 1 is 1.00 bits per heavy atom. The van der Waals surface area contributed by atoms with Crippen LogP contribution < -0.4 is 10.3 Å². The summed E-state index contributed by atoms with van der Waals surface area (Å²) in [7, 11) is 0. The summed E-state index contributed by atoms with van der Waals surface area (Å²) in [6, 6.07) is 11.3. The molecule has 7 heteroatoms. The van der Waals surface area contributed by atoms with Crippen LogP contribution in [0.2, 0.25) is 5.02 Å². The summed E-state index contributed by atoms with van der Waals surface area (Å²) >= 11 is 7.46. The van der Waals surface area contributed by atoms with Crippen molar-refractivity contribution in [2.45, 2.75) is 43.7 Å². The summed E-state index contributed by atoms with van der Waals surface area (Å²) in [6.45, 7) is 0.729. The second-order valence-electron chi connectivity index (χ2n) is 7.00. The van der Waals surface area contributed by atoms with E-state index in [-0.39, 0.29) is 5.56 Å². The molecule has 0 atom stereocenters. The second-order valence-corrected chi connectivity index (χ2v) is 8.52. The molecular weight excluding hydrogens is 418 g/mol. The smallest absolute Gasteiger partial charge is 0.255 e. The number of unbranched alkanes of at least 4 members (excludes halogenated alkanes) is 4. The number of hydrogen-bond acceptors (Lipinski definition) is 5. The molecule has 0 aliphatic rings. The minimum Gasteiger partial charge on any atom is -0.494 e. The number of halogens is 1. The number of nitrogens with zero attached hydrogens (tertiary/aromatic N) is 2. The lowest BCUT2D eigenvalue weighted by Crippen LogP contribution is -2.14.